The van der Waals surface area contributed by atoms with Crippen LogP contribution in [0.2, 0.25) is 0 Å². The molecule has 1 aromatic rings. The molecule has 102 valence electrons. The molecule has 18 heavy (non-hydrogen) atoms. The zero-order chi connectivity index (χ0) is 13.8. The molecule has 0 aliphatic heterocycles. The highest BCUT2D eigenvalue weighted by Crippen LogP contribution is 2.24. The molecule has 0 saturated heterocycles. The maximum absolute atomic E-state index is 12.0. The van der Waals surface area contributed by atoms with Crippen LogP contribution in [0.3, 0.4) is 0 Å². The molecule has 0 radical (unpaired) electrons. The fraction of sp³-hybridized carbons (Fsp3) is 0.455. The molecule has 0 bridgehead atoms. The van der Waals surface area contributed by atoms with Crippen molar-refractivity contribution in [3.8, 4) is 0 Å². The van der Waals surface area contributed by atoms with Crippen LogP contribution in [0.5, 0.6) is 0 Å². The van der Waals surface area contributed by atoms with E-state index in [9.17, 15) is 8.42 Å². The van der Waals surface area contributed by atoms with Gasteiger partial charge in [0.1, 0.15) is 0 Å². The molecule has 0 aliphatic carbocycles. The van der Waals surface area contributed by atoms with Gasteiger partial charge in [0.25, 0.3) is 0 Å². The molecule has 0 saturated carbocycles. The minimum Gasteiger partial charge on any atom is -0.330 e. The van der Waals surface area contributed by atoms with Crippen LogP contribution >= 0.6 is 15.9 Å². The second-order valence-electron chi connectivity index (χ2n) is 3.98. The number of nitrogens with zero attached hydrogens (tertiary/aromatic N) is 1. The van der Waals surface area contributed by atoms with E-state index in [0.29, 0.717) is 25.2 Å². The highest BCUT2D eigenvalue weighted by Gasteiger charge is 2.18. The summed E-state index contributed by atoms with van der Waals surface area (Å²) in [5, 5.41) is 0. The lowest BCUT2D eigenvalue weighted by Gasteiger charge is -2.19. The number of anilines is 1. The quantitative estimate of drug-likeness (QED) is 0.830. The molecule has 3 N–H and O–H groups in total. The van der Waals surface area contributed by atoms with E-state index in [-0.39, 0.29) is 0 Å². The molecule has 7 heteroatoms. The Labute approximate surface area is 117 Å². The van der Waals surface area contributed by atoms with Crippen LogP contribution in [0.25, 0.3) is 0 Å². The molecular formula is C11H18BrN3O2S. The van der Waals surface area contributed by atoms with Crippen molar-refractivity contribution >= 4 is 31.8 Å². The zero-order valence-electron chi connectivity index (χ0n) is 10.5. The van der Waals surface area contributed by atoms with Gasteiger partial charge in [0, 0.05) is 18.1 Å². The Morgan fingerprint density at radius 2 is 2.11 bits per heavy atom. The smallest absolute Gasteiger partial charge is 0.301 e. The molecule has 0 aromatic heterocycles. The van der Waals surface area contributed by atoms with Gasteiger partial charge in [0.15, 0.2) is 0 Å². The summed E-state index contributed by atoms with van der Waals surface area (Å²) >= 11 is 3.37. The summed E-state index contributed by atoms with van der Waals surface area (Å²) < 4.78 is 28.8. The lowest BCUT2D eigenvalue weighted by atomic mass is 10.2. The van der Waals surface area contributed by atoms with Crippen LogP contribution in [0.15, 0.2) is 22.7 Å². The molecule has 5 nitrogen and oxygen atoms in total. The van der Waals surface area contributed by atoms with Gasteiger partial charge in [-0.05, 0) is 37.6 Å². The zero-order valence-corrected chi connectivity index (χ0v) is 12.9. The van der Waals surface area contributed by atoms with E-state index in [1.54, 1.807) is 12.1 Å². The summed E-state index contributed by atoms with van der Waals surface area (Å²) in [4.78, 5) is 0. The van der Waals surface area contributed by atoms with Gasteiger partial charge < -0.3 is 5.73 Å². The summed E-state index contributed by atoms with van der Waals surface area (Å²) in [7, 11) is -1.98. The lowest BCUT2D eigenvalue weighted by Crippen LogP contribution is -2.34. The molecule has 1 aromatic carbocycles. The third-order valence-electron chi connectivity index (χ3n) is 2.59. The molecule has 0 amide bonds. The van der Waals surface area contributed by atoms with Gasteiger partial charge in [-0.2, -0.15) is 12.7 Å². The maximum atomic E-state index is 12.0. The summed E-state index contributed by atoms with van der Waals surface area (Å²) in [6.45, 7) is 2.72. The predicted octanol–water partition coefficient (Wildman–Crippen LogP) is 1.69. The highest BCUT2D eigenvalue weighted by atomic mass is 79.9. The Morgan fingerprint density at radius 3 is 2.72 bits per heavy atom. The van der Waals surface area contributed by atoms with E-state index in [0.717, 1.165) is 10.0 Å². The molecule has 0 aliphatic rings. The second-order valence-corrected chi connectivity index (χ2v) is 6.62. The monoisotopic (exact) mass is 335 g/mol. The van der Waals surface area contributed by atoms with Crippen LogP contribution < -0.4 is 10.5 Å². The maximum Gasteiger partial charge on any atom is 0.301 e. The first-order chi connectivity index (χ1) is 8.38. The van der Waals surface area contributed by atoms with Gasteiger partial charge in [-0.1, -0.05) is 22.0 Å². The Balaban J connectivity index is 2.85. The van der Waals surface area contributed by atoms with Gasteiger partial charge >= 0.3 is 10.2 Å². The standard InChI is InChI=1S/C11H18BrN3O2S/c1-9-10(12)5-3-6-11(9)14-18(16,17)15(2)8-4-7-13/h3,5-6,14H,4,7-8,13H2,1-2H3. The van der Waals surface area contributed by atoms with Crippen molar-refractivity contribution in [2.75, 3.05) is 24.9 Å². The summed E-state index contributed by atoms with van der Waals surface area (Å²) in [5.41, 5.74) is 6.80. The average molecular weight is 336 g/mol. The third kappa shape index (κ3) is 3.94. The van der Waals surface area contributed by atoms with E-state index in [1.807, 2.05) is 13.0 Å². The van der Waals surface area contributed by atoms with Crippen LogP contribution in [-0.2, 0) is 10.2 Å². The van der Waals surface area contributed by atoms with Gasteiger partial charge in [-0.3, -0.25) is 4.72 Å². The van der Waals surface area contributed by atoms with Crippen molar-refractivity contribution in [2.45, 2.75) is 13.3 Å². The number of halogens is 1. The predicted molar refractivity (Wildman–Crippen MR) is 77.7 cm³/mol. The fourth-order valence-corrected chi connectivity index (χ4v) is 2.76. The molecule has 1 rings (SSSR count). The number of nitrogens with two attached hydrogens (primary N) is 1. The summed E-state index contributed by atoms with van der Waals surface area (Å²) in [6.07, 6.45) is 0.634. The first-order valence-electron chi connectivity index (χ1n) is 5.57. The van der Waals surface area contributed by atoms with E-state index >= 15 is 0 Å². The molecule has 0 fully saturated rings. The van der Waals surface area contributed by atoms with Gasteiger partial charge in [-0.15, -0.1) is 0 Å². The largest absolute Gasteiger partial charge is 0.330 e. The Hall–Kier alpha value is -0.630. The number of nitrogens with one attached hydrogen (secondary N) is 1. The van der Waals surface area contributed by atoms with E-state index in [4.69, 9.17) is 5.73 Å². The van der Waals surface area contributed by atoms with Gasteiger partial charge in [0.05, 0.1) is 5.69 Å². The molecule has 0 spiro atoms. The van der Waals surface area contributed by atoms with Crippen molar-refractivity contribution in [3.05, 3.63) is 28.2 Å². The molecule has 0 heterocycles. The fourth-order valence-electron chi connectivity index (χ4n) is 1.37. The number of hydrogen-bond acceptors (Lipinski definition) is 3. The van der Waals surface area contributed by atoms with Crippen molar-refractivity contribution in [3.63, 3.8) is 0 Å². The van der Waals surface area contributed by atoms with Crippen molar-refractivity contribution in [1.29, 1.82) is 0 Å². The first kappa shape index (κ1) is 15.4. The number of rotatable bonds is 6. The first-order valence-corrected chi connectivity index (χ1v) is 7.81. The normalized spacial score (nSPS) is 11.8. The van der Waals surface area contributed by atoms with Crippen molar-refractivity contribution in [1.82, 2.24) is 4.31 Å². The lowest BCUT2D eigenvalue weighted by molar-refractivity contribution is 0.468. The molecule has 0 atom stereocenters. The van der Waals surface area contributed by atoms with Crippen LogP contribution in [0.4, 0.5) is 5.69 Å². The number of hydrogen-bond donors (Lipinski definition) is 2. The topological polar surface area (TPSA) is 75.4 Å². The Morgan fingerprint density at radius 1 is 1.44 bits per heavy atom. The molecule has 0 unspecified atom stereocenters. The van der Waals surface area contributed by atoms with E-state index < -0.39 is 10.2 Å². The van der Waals surface area contributed by atoms with E-state index in [1.165, 1.54) is 11.4 Å². The van der Waals surface area contributed by atoms with Gasteiger partial charge in [-0.25, -0.2) is 0 Å². The molecular weight excluding hydrogens is 318 g/mol. The van der Waals surface area contributed by atoms with Crippen LogP contribution in [-0.4, -0.2) is 32.9 Å². The number of benzene rings is 1. The van der Waals surface area contributed by atoms with Crippen molar-refractivity contribution < 1.29 is 8.42 Å². The van der Waals surface area contributed by atoms with E-state index in [2.05, 4.69) is 20.7 Å². The Bertz CT molecular complexity index is 505. The Kier molecular flexibility index (Phi) is 5.58. The minimum absolute atomic E-state index is 0.402. The SMILES string of the molecule is Cc1c(Br)cccc1NS(=O)(=O)N(C)CCCN. The van der Waals surface area contributed by atoms with Crippen LogP contribution in [0.1, 0.15) is 12.0 Å². The summed E-state index contributed by atoms with van der Waals surface area (Å²) in [5.74, 6) is 0. The van der Waals surface area contributed by atoms with Crippen LogP contribution in [0, 0.1) is 6.92 Å². The van der Waals surface area contributed by atoms with Crippen molar-refractivity contribution in [2.24, 2.45) is 5.73 Å². The average Bonchev–Trinajstić information content (AvgIpc) is 2.31. The summed E-state index contributed by atoms with van der Waals surface area (Å²) in [6, 6.07) is 5.38. The minimum atomic E-state index is -3.52. The second kappa shape index (κ2) is 6.51. The highest BCUT2D eigenvalue weighted by molar-refractivity contribution is 9.10. The third-order valence-corrected chi connectivity index (χ3v) is 4.93. The van der Waals surface area contributed by atoms with Gasteiger partial charge in [0.2, 0.25) is 0 Å².